The van der Waals surface area contributed by atoms with Gasteiger partial charge < -0.3 is 20.1 Å². The van der Waals surface area contributed by atoms with Crippen molar-refractivity contribution >= 4 is 23.2 Å². The van der Waals surface area contributed by atoms with Crippen molar-refractivity contribution in [3.8, 4) is 17.6 Å². The molecule has 2 N–H and O–H groups in total. The number of benzene rings is 1. The lowest BCUT2D eigenvalue weighted by Crippen LogP contribution is -2.26. The molecule has 23 heavy (non-hydrogen) atoms. The molecule has 0 heterocycles. The SMILES string of the molecule is CCOc1ccc(N/C=C(/C#N)C(=O)NCCCl)cc1OCC. The van der Waals surface area contributed by atoms with Crippen molar-refractivity contribution in [2.45, 2.75) is 13.8 Å². The van der Waals surface area contributed by atoms with Crippen molar-refractivity contribution in [3.63, 3.8) is 0 Å². The number of ether oxygens (including phenoxy) is 2. The molecule has 0 atom stereocenters. The predicted octanol–water partition coefficient (Wildman–Crippen LogP) is 2.66. The molecule has 1 rings (SSSR count). The lowest BCUT2D eigenvalue weighted by molar-refractivity contribution is -0.117. The second-order valence-electron chi connectivity index (χ2n) is 4.29. The second kappa shape index (κ2) is 10.4. The fourth-order valence-electron chi connectivity index (χ4n) is 1.70. The van der Waals surface area contributed by atoms with Crippen LogP contribution in [0.1, 0.15) is 13.8 Å². The smallest absolute Gasteiger partial charge is 0.263 e. The van der Waals surface area contributed by atoms with Crippen molar-refractivity contribution in [1.82, 2.24) is 5.32 Å². The molecule has 6 nitrogen and oxygen atoms in total. The molecule has 1 amide bonds. The largest absolute Gasteiger partial charge is 0.490 e. The van der Waals surface area contributed by atoms with E-state index in [2.05, 4.69) is 10.6 Å². The van der Waals surface area contributed by atoms with Crippen LogP contribution in [0.15, 0.2) is 30.0 Å². The van der Waals surface area contributed by atoms with Gasteiger partial charge in [0, 0.05) is 30.4 Å². The summed E-state index contributed by atoms with van der Waals surface area (Å²) in [4.78, 5) is 11.7. The van der Waals surface area contributed by atoms with Gasteiger partial charge in [-0.2, -0.15) is 5.26 Å². The van der Waals surface area contributed by atoms with Gasteiger partial charge in [-0.25, -0.2) is 0 Å². The average molecular weight is 338 g/mol. The molecule has 0 radical (unpaired) electrons. The monoisotopic (exact) mass is 337 g/mol. The Balaban J connectivity index is 2.86. The van der Waals surface area contributed by atoms with Gasteiger partial charge in [-0.1, -0.05) is 0 Å². The number of anilines is 1. The van der Waals surface area contributed by atoms with Crippen LogP contribution in [0.25, 0.3) is 0 Å². The van der Waals surface area contributed by atoms with Gasteiger partial charge in [0.1, 0.15) is 11.6 Å². The fraction of sp³-hybridized carbons (Fsp3) is 0.375. The third-order valence-electron chi connectivity index (χ3n) is 2.67. The third-order valence-corrected chi connectivity index (χ3v) is 2.86. The summed E-state index contributed by atoms with van der Waals surface area (Å²) in [6, 6.07) is 7.13. The molecule has 7 heteroatoms. The number of halogens is 1. The maximum absolute atomic E-state index is 11.7. The molecule has 0 aliphatic heterocycles. The molecule has 0 spiro atoms. The van der Waals surface area contributed by atoms with E-state index < -0.39 is 5.91 Å². The van der Waals surface area contributed by atoms with E-state index in [0.29, 0.717) is 36.9 Å². The number of alkyl halides is 1. The molecule has 0 aliphatic rings. The number of nitrogens with one attached hydrogen (secondary N) is 2. The fourth-order valence-corrected chi connectivity index (χ4v) is 1.80. The molecule has 0 aromatic heterocycles. The van der Waals surface area contributed by atoms with Gasteiger partial charge in [-0.05, 0) is 26.0 Å². The lowest BCUT2D eigenvalue weighted by atomic mass is 10.2. The van der Waals surface area contributed by atoms with E-state index in [1.54, 1.807) is 18.2 Å². The van der Waals surface area contributed by atoms with E-state index in [9.17, 15) is 4.79 Å². The normalized spacial score (nSPS) is 10.6. The van der Waals surface area contributed by atoms with Crippen LogP contribution in [-0.4, -0.2) is 31.5 Å². The van der Waals surface area contributed by atoms with E-state index >= 15 is 0 Å². The minimum absolute atomic E-state index is 0.0399. The molecule has 0 fully saturated rings. The van der Waals surface area contributed by atoms with Gasteiger partial charge in [0.15, 0.2) is 11.5 Å². The molecular formula is C16H20ClN3O3. The second-order valence-corrected chi connectivity index (χ2v) is 4.66. The summed E-state index contributed by atoms with van der Waals surface area (Å²) >= 11 is 5.50. The lowest BCUT2D eigenvalue weighted by Gasteiger charge is -2.12. The number of hydrogen-bond donors (Lipinski definition) is 2. The van der Waals surface area contributed by atoms with Crippen LogP contribution >= 0.6 is 11.6 Å². The molecule has 0 saturated heterocycles. The highest BCUT2D eigenvalue weighted by atomic mass is 35.5. The van der Waals surface area contributed by atoms with Gasteiger partial charge in [0.05, 0.1) is 13.2 Å². The number of rotatable bonds is 9. The Labute approximate surface area is 141 Å². The number of carbonyl (C=O) groups excluding carboxylic acids is 1. The van der Waals surface area contributed by atoms with Gasteiger partial charge in [-0.3, -0.25) is 4.79 Å². The highest BCUT2D eigenvalue weighted by Gasteiger charge is 2.09. The molecule has 0 saturated carbocycles. The summed E-state index contributed by atoms with van der Waals surface area (Å²) in [6.45, 7) is 5.11. The Morgan fingerprint density at radius 2 is 2.00 bits per heavy atom. The van der Waals surface area contributed by atoms with E-state index in [1.165, 1.54) is 6.20 Å². The van der Waals surface area contributed by atoms with Crippen LogP contribution in [0.2, 0.25) is 0 Å². The molecule has 0 unspecified atom stereocenters. The third kappa shape index (κ3) is 6.09. The van der Waals surface area contributed by atoms with Crippen molar-refractivity contribution in [1.29, 1.82) is 5.26 Å². The number of hydrogen-bond acceptors (Lipinski definition) is 5. The Kier molecular flexibility index (Phi) is 8.40. The number of amides is 1. The Bertz CT molecular complexity index is 597. The van der Waals surface area contributed by atoms with Crippen LogP contribution in [0.5, 0.6) is 11.5 Å². The highest BCUT2D eigenvalue weighted by Crippen LogP contribution is 2.30. The number of nitriles is 1. The number of nitrogens with zero attached hydrogens (tertiary/aromatic N) is 1. The van der Waals surface area contributed by atoms with Crippen LogP contribution in [0.4, 0.5) is 5.69 Å². The first-order valence-corrected chi connectivity index (χ1v) is 7.80. The first kappa shape index (κ1) is 18.7. The van der Waals surface area contributed by atoms with Crippen LogP contribution in [0.3, 0.4) is 0 Å². The maximum atomic E-state index is 11.7. The van der Waals surface area contributed by atoms with E-state index in [-0.39, 0.29) is 11.5 Å². The topological polar surface area (TPSA) is 83.4 Å². The van der Waals surface area contributed by atoms with E-state index in [1.807, 2.05) is 19.9 Å². The standard InChI is InChI=1S/C16H20ClN3O3/c1-3-22-14-6-5-13(9-15(14)23-4-2)20-11-12(10-18)16(21)19-8-7-17/h5-6,9,11,20H,3-4,7-8H2,1-2H3,(H,19,21)/b12-11-. The Morgan fingerprint density at radius 1 is 1.30 bits per heavy atom. The van der Waals surface area contributed by atoms with Gasteiger partial charge in [0.2, 0.25) is 0 Å². The number of carbonyl (C=O) groups is 1. The van der Waals surface area contributed by atoms with Crippen LogP contribution in [-0.2, 0) is 4.79 Å². The maximum Gasteiger partial charge on any atom is 0.263 e. The first-order chi connectivity index (χ1) is 11.2. The van der Waals surface area contributed by atoms with Gasteiger partial charge in [0.25, 0.3) is 5.91 Å². The zero-order valence-corrected chi connectivity index (χ0v) is 13.9. The van der Waals surface area contributed by atoms with Crippen LogP contribution < -0.4 is 20.1 Å². The first-order valence-electron chi connectivity index (χ1n) is 7.26. The zero-order valence-electron chi connectivity index (χ0n) is 13.2. The molecule has 1 aromatic carbocycles. The van der Waals surface area contributed by atoms with Gasteiger partial charge in [-0.15, -0.1) is 11.6 Å². The Morgan fingerprint density at radius 3 is 2.61 bits per heavy atom. The average Bonchev–Trinajstić information content (AvgIpc) is 2.56. The summed E-state index contributed by atoms with van der Waals surface area (Å²) in [7, 11) is 0. The summed E-state index contributed by atoms with van der Waals surface area (Å²) < 4.78 is 11.0. The molecule has 0 aliphatic carbocycles. The van der Waals surface area contributed by atoms with Crippen molar-refractivity contribution in [3.05, 3.63) is 30.0 Å². The van der Waals surface area contributed by atoms with Gasteiger partial charge >= 0.3 is 0 Å². The zero-order chi connectivity index (χ0) is 17.1. The quantitative estimate of drug-likeness (QED) is 0.411. The van der Waals surface area contributed by atoms with Crippen molar-refractivity contribution in [2.24, 2.45) is 0 Å². The predicted molar refractivity (Wildman–Crippen MR) is 89.8 cm³/mol. The molecular weight excluding hydrogens is 318 g/mol. The van der Waals surface area contributed by atoms with Crippen LogP contribution in [0, 0.1) is 11.3 Å². The minimum atomic E-state index is -0.475. The Hall–Kier alpha value is -2.39. The molecule has 0 bridgehead atoms. The summed E-state index contributed by atoms with van der Waals surface area (Å²) in [5, 5.41) is 14.5. The molecule has 1 aromatic rings. The van der Waals surface area contributed by atoms with E-state index in [4.69, 9.17) is 26.3 Å². The summed E-state index contributed by atoms with van der Waals surface area (Å²) in [6.07, 6.45) is 1.34. The molecule has 124 valence electrons. The highest BCUT2D eigenvalue weighted by molar-refractivity contribution is 6.18. The summed E-state index contributed by atoms with van der Waals surface area (Å²) in [5.41, 5.74) is 0.636. The van der Waals surface area contributed by atoms with E-state index in [0.717, 1.165) is 0 Å². The summed E-state index contributed by atoms with van der Waals surface area (Å²) in [5.74, 6) is 1.05. The van der Waals surface area contributed by atoms with Crippen molar-refractivity contribution < 1.29 is 14.3 Å². The minimum Gasteiger partial charge on any atom is -0.490 e. The van der Waals surface area contributed by atoms with Crippen molar-refractivity contribution in [2.75, 3.05) is 31.0 Å².